The number of ether oxygens (including phenoxy) is 2. The lowest BCUT2D eigenvalue weighted by atomic mass is 10.1. The zero-order chi connectivity index (χ0) is 16.2. The third kappa shape index (κ3) is 4.93. The van der Waals surface area contributed by atoms with Gasteiger partial charge in [0.2, 0.25) is 0 Å². The van der Waals surface area contributed by atoms with E-state index in [1.54, 1.807) is 0 Å². The average molecular weight is 321 g/mol. The van der Waals surface area contributed by atoms with Gasteiger partial charge in [-0.15, -0.1) is 0 Å². The number of halogens is 4. The first-order valence-corrected chi connectivity index (χ1v) is 7.14. The van der Waals surface area contributed by atoms with Crippen molar-refractivity contribution in [1.82, 2.24) is 5.32 Å². The highest BCUT2D eigenvalue weighted by atomic mass is 19.4. The molecule has 0 bridgehead atoms. The molecule has 124 valence electrons. The van der Waals surface area contributed by atoms with Crippen LogP contribution in [0.1, 0.15) is 24.5 Å². The molecule has 1 saturated heterocycles. The van der Waals surface area contributed by atoms with Gasteiger partial charge in [-0.2, -0.15) is 13.2 Å². The molecule has 1 fully saturated rings. The zero-order valence-electron chi connectivity index (χ0n) is 12.3. The summed E-state index contributed by atoms with van der Waals surface area (Å²) in [6.07, 6.45) is -3.73. The van der Waals surface area contributed by atoms with Crippen molar-refractivity contribution >= 4 is 0 Å². The minimum Gasteiger partial charge on any atom is -0.379 e. The molecule has 3 nitrogen and oxygen atoms in total. The normalized spacial score (nSPS) is 20.3. The predicted octanol–water partition coefficient (Wildman–Crippen LogP) is 3.13. The molecule has 0 aromatic heterocycles. The van der Waals surface area contributed by atoms with Crippen LogP contribution in [0.3, 0.4) is 0 Å². The second kappa shape index (κ2) is 7.39. The molecular weight excluding hydrogens is 302 g/mol. The summed E-state index contributed by atoms with van der Waals surface area (Å²) in [5.41, 5.74) is -0.858. The van der Waals surface area contributed by atoms with Crippen LogP contribution in [0.2, 0.25) is 0 Å². The van der Waals surface area contributed by atoms with Gasteiger partial charge in [-0.25, -0.2) is 4.39 Å². The molecule has 0 saturated carbocycles. The van der Waals surface area contributed by atoms with Crippen LogP contribution in [0.25, 0.3) is 0 Å². The number of rotatable bonds is 6. The topological polar surface area (TPSA) is 30.5 Å². The van der Waals surface area contributed by atoms with Gasteiger partial charge in [-0.1, -0.05) is 6.07 Å². The molecule has 1 aliphatic rings. The van der Waals surface area contributed by atoms with Gasteiger partial charge in [0, 0.05) is 19.2 Å². The fraction of sp³-hybridized carbons (Fsp3) is 0.600. The highest BCUT2D eigenvalue weighted by molar-refractivity contribution is 5.27. The van der Waals surface area contributed by atoms with Crippen LogP contribution in [0.4, 0.5) is 17.6 Å². The van der Waals surface area contributed by atoms with Crippen LogP contribution in [0, 0.1) is 5.82 Å². The monoisotopic (exact) mass is 321 g/mol. The second-order valence-electron chi connectivity index (χ2n) is 5.41. The zero-order valence-corrected chi connectivity index (χ0v) is 12.3. The van der Waals surface area contributed by atoms with E-state index in [-0.39, 0.29) is 18.7 Å². The summed E-state index contributed by atoms with van der Waals surface area (Å²) in [5.74, 6) is -1.26. The number of hydrogen-bond donors (Lipinski definition) is 1. The van der Waals surface area contributed by atoms with E-state index in [4.69, 9.17) is 9.47 Å². The van der Waals surface area contributed by atoms with Crippen LogP contribution in [0.15, 0.2) is 18.2 Å². The van der Waals surface area contributed by atoms with Crippen LogP contribution in [-0.4, -0.2) is 32.0 Å². The Bertz CT molecular complexity index is 487. The SMILES string of the molecule is C[C@@H](CO[C@H]1CCOC1)NCc1ccc(F)c(C(F)(F)F)c1. The van der Waals surface area contributed by atoms with Crippen molar-refractivity contribution in [2.75, 3.05) is 19.8 Å². The second-order valence-corrected chi connectivity index (χ2v) is 5.41. The molecule has 0 radical (unpaired) electrons. The number of alkyl halides is 3. The Morgan fingerprint density at radius 1 is 1.41 bits per heavy atom. The first-order chi connectivity index (χ1) is 10.4. The maximum absolute atomic E-state index is 13.2. The summed E-state index contributed by atoms with van der Waals surface area (Å²) in [4.78, 5) is 0. The molecule has 1 heterocycles. The van der Waals surface area contributed by atoms with Gasteiger partial charge in [0.25, 0.3) is 0 Å². The molecule has 0 unspecified atom stereocenters. The predicted molar refractivity (Wildman–Crippen MR) is 72.9 cm³/mol. The number of hydrogen-bond acceptors (Lipinski definition) is 3. The van der Waals surface area contributed by atoms with E-state index < -0.39 is 17.6 Å². The fourth-order valence-electron chi connectivity index (χ4n) is 2.18. The smallest absolute Gasteiger partial charge is 0.379 e. The molecule has 0 aliphatic carbocycles. The van der Waals surface area contributed by atoms with Gasteiger partial charge in [-0.05, 0) is 31.0 Å². The fourth-order valence-corrected chi connectivity index (χ4v) is 2.18. The molecule has 2 atom stereocenters. The lowest BCUT2D eigenvalue weighted by Crippen LogP contribution is -2.32. The molecule has 7 heteroatoms. The molecule has 22 heavy (non-hydrogen) atoms. The van der Waals surface area contributed by atoms with Crippen molar-refractivity contribution in [2.45, 2.75) is 38.2 Å². The van der Waals surface area contributed by atoms with E-state index in [0.717, 1.165) is 18.6 Å². The van der Waals surface area contributed by atoms with Crippen molar-refractivity contribution in [2.24, 2.45) is 0 Å². The lowest BCUT2D eigenvalue weighted by Gasteiger charge is -2.17. The summed E-state index contributed by atoms with van der Waals surface area (Å²) in [6, 6.07) is 2.99. The van der Waals surface area contributed by atoms with Gasteiger partial charge in [0.05, 0.1) is 24.9 Å². The third-order valence-electron chi connectivity index (χ3n) is 3.46. The minimum atomic E-state index is -4.68. The summed E-state index contributed by atoms with van der Waals surface area (Å²) in [5, 5.41) is 3.07. The van der Waals surface area contributed by atoms with Crippen molar-refractivity contribution < 1.29 is 27.0 Å². The van der Waals surface area contributed by atoms with E-state index in [0.29, 0.717) is 25.4 Å². The van der Waals surface area contributed by atoms with Crippen LogP contribution in [-0.2, 0) is 22.2 Å². The standard InChI is InChI=1S/C15H19F4NO2/c1-10(8-22-12-4-5-21-9-12)20-7-11-2-3-14(16)13(6-11)15(17,18)19/h2-3,6,10,12,20H,4-5,7-9H2,1H3/t10-,12-/m0/s1. The van der Waals surface area contributed by atoms with E-state index >= 15 is 0 Å². The summed E-state index contributed by atoms with van der Waals surface area (Å²) in [7, 11) is 0. The quantitative estimate of drug-likeness (QED) is 0.817. The van der Waals surface area contributed by atoms with E-state index in [1.807, 2.05) is 6.92 Å². The Kier molecular flexibility index (Phi) is 5.77. The van der Waals surface area contributed by atoms with Crippen LogP contribution < -0.4 is 5.32 Å². The van der Waals surface area contributed by atoms with Crippen molar-refractivity contribution in [3.63, 3.8) is 0 Å². The van der Waals surface area contributed by atoms with E-state index in [9.17, 15) is 17.6 Å². The van der Waals surface area contributed by atoms with Gasteiger partial charge < -0.3 is 14.8 Å². The van der Waals surface area contributed by atoms with E-state index in [1.165, 1.54) is 6.07 Å². The molecule has 0 amide bonds. The maximum atomic E-state index is 13.2. The van der Waals surface area contributed by atoms with Gasteiger partial charge in [-0.3, -0.25) is 0 Å². The maximum Gasteiger partial charge on any atom is 0.419 e. The van der Waals surface area contributed by atoms with E-state index in [2.05, 4.69) is 5.32 Å². The first kappa shape index (κ1) is 17.2. The Hall–Kier alpha value is -1.18. The molecule has 1 aromatic rings. The summed E-state index contributed by atoms with van der Waals surface area (Å²) >= 11 is 0. The molecule has 2 rings (SSSR count). The van der Waals surface area contributed by atoms with Crippen molar-refractivity contribution in [3.8, 4) is 0 Å². The van der Waals surface area contributed by atoms with Gasteiger partial charge in [0.15, 0.2) is 0 Å². The highest BCUT2D eigenvalue weighted by Gasteiger charge is 2.34. The molecule has 1 aromatic carbocycles. The van der Waals surface area contributed by atoms with Crippen molar-refractivity contribution in [3.05, 3.63) is 35.1 Å². The largest absolute Gasteiger partial charge is 0.419 e. The summed E-state index contributed by atoms with van der Waals surface area (Å²) in [6.45, 7) is 3.82. The minimum absolute atomic E-state index is 0.0278. The highest BCUT2D eigenvalue weighted by Crippen LogP contribution is 2.31. The lowest BCUT2D eigenvalue weighted by molar-refractivity contribution is -0.140. The number of benzene rings is 1. The molecule has 1 aliphatic heterocycles. The Morgan fingerprint density at radius 3 is 2.82 bits per heavy atom. The Labute approximate surface area is 126 Å². The van der Waals surface area contributed by atoms with Crippen molar-refractivity contribution in [1.29, 1.82) is 0 Å². The van der Waals surface area contributed by atoms with Crippen LogP contribution in [0.5, 0.6) is 0 Å². The number of nitrogens with one attached hydrogen (secondary N) is 1. The third-order valence-corrected chi connectivity index (χ3v) is 3.46. The Balaban J connectivity index is 1.83. The van der Waals surface area contributed by atoms with Gasteiger partial charge >= 0.3 is 6.18 Å². The average Bonchev–Trinajstić information content (AvgIpc) is 2.96. The van der Waals surface area contributed by atoms with Gasteiger partial charge in [0.1, 0.15) is 5.82 Å². The molecule has 0 spiro atoms. The molecular formula is C15H19F4NO2. The van der Waals surface area contributed by atoms with Crippen LogP contribution >= 0.6 is 0 Å². The Morgan fingerprint density at radius 2 is 2.18 bits per heavy atom. The first-order valence-electron chi connectivity index (χ1n) is 7.14. The molecule has 1 N–H and O–H groups in total. The summed E-state index contributed by atoms with van der Waals surface area (Å²) < 4.78 is 61.9.